The lowest BCUT2D eigenvalue weighted by Gasteiger charge is -2.28. The lowest BCUT2D eigenvalue weighted by atomic mass is 10.2. The van der Waals surface area contributed by atoms with Gasteiger partial charge in [0.05, 0.1) is 11.9 Å². The van der Waals surface area contributed by atoms with Gasteiger partial charge in [-0.3, -0.25) is 28.4 Å². The number of nitrogens with one attached hydrogen (secondary N) is 1. The molecule has 1 aromatic carbocycles. The maximum absolute atomic E-state index is 12.5. The van der Waals surface area contributed by atoms with Crippen molar-refractivity contribution in [3.8, 4) is 11.6 Å². The van der Waals surface area contributed by atoms with Crippen LogP contribution in [-0.4, -0.2) is 45.4 Å². The Morgan fingerprint density at radius 2 is 1.97 bits per heavy atom. The Hall–Kier alpha value is -3.47. The van der Waals surface area contributed by atoms with Crippen LogP contribution in [0.3, 0.4) is 0 Å². The van der Waals surface area contributed by atoms with Crippen LogP contribution in [0.2, 0.25) is 0 Å². The minimum atomic E-state index is -0.574. The van der Waals surface area contributed by atoms with E-state index < -0.39 is 11.5 Å². The molecule has 0 unspecified atom stereocenters. The maximum Gasteiger partial charge on any atom is 0.267 e. The quantitative estimate of drug-likeness (QED) is 0.400. The SMILES string of the molecule is CCn1c(O)c(/C=N/NC(=O)CN2C(=O)COc3ccccc32)c(=O)n(CC)c1=S. The molecule has 3 rings (SSSR count). The van der Waals surface area contributed by atoms with Gasteiger partial charge in [-0.05, 0) is 38.2 Å². The molecule has 0 fully saturated rings. The van der Waals surface area contributed by atoms with Crippen molar-refractivity contribution in [2.45, 2.75) is 26.9 Å². The molecule has 0 radical (unpaired) electrons. The van der Waals surface area contributed by atoms with Crippen molar-refractivity contribution in [1.82, 2.24) is 14.6 Å². The van der Waals surface area contributed by atoms with Crippen molar-refractivity contribution in [2.75, 3.05) is 18.1 Å². The summed E-state index contributed by atoms with van der Waals surface area (Å²) in [6.45, 7) is 3.78. The number of anilines is 1. The summed E-state index contributed by atoms with van der Waals surface area (Å²) in [5.74, 6) is -0.754. The number of rotatable bonds is 6. The van der Waals surface area contributed by atoms with Gasteiger partial charge in [0.2, 0.25) is 5.88 Å². The van der Waals surface area contributed by atoms with Crippen LogP contribution in [0.5, 0.6) is 11.6 Å². The predicted octanol–water partition coefficient (Wildman–Crippen LogP) is 1.00. The number of hydrogen-bond donors (Lipinski definition) is 2. The Bertz CT molecular complexity index is 1140. The molecule has 0 aliphatic carbocycles. The molecule has 30 heavy (non-hydrogen) atoms. The first-order chi connectivity index (χ1) is 14.4. The molecular weight excluding hydrogens is 410 g/mol. The summed E-state index contributed by atoms with van der Waals surface area (Å²) in [7, 11) is 0. The summed E-state index contributed by atoms with van der Waals surface area (Å²) in [4.78, 5) is 38.3. The molecule has 2 heterocycles. The van der Waals surface area contributed by atoms with E-state index in [1.807, 2.05) is 0 Å². The van der Waals surface area contributed by atoms with Crippen LogP contribution in [0.4, 0.5) is 5.69 Å². The van der Waals surface area contributed by atoms with Gasteiger partial charge in [-0.2, -0.15) is 5.10 Å². The van der Waals surface area contributed by atoms with Crippen LogP contribution < -0.4 is 20.6 Å². The Labute approximate surface area is 177 Å². The number of nitrogens with zero attached hydrogens (tertiary/aromatic N) is 4. The predicted molar refractivity (Wildman–Crippen MR) is 113 cm³/mol. The largest absolute Gasteiger partial charge is 0.494 e. The minimum absolute atomic E-state index is 0.0969. The molecule has 2 aromatic rings. The zero-order chi connectivity index (χ0) is 21.8. The number of carbonyl (C=O) groups excluding carboxylic acids is 2. The summed E-state index contributed by atoms with van der Waals surface area (Å²) < 4.78 is 8.26. The first-order valence-corrected chi connectivity index (χ1v) is 9.70. The molecule has 11 heteroatoms. The van der Waals surface area contributed by atoms with Crippen molar-refractivity contribution in [1.29, 1.82) is 0 Å². The van der Waals surface area contributed by atoms with Crippen LogP contribution in [-0.2, 0) is 22.7 Å². The lowest BCUT2D eigenvalue weighted by Crippen LogP contribution is -2.44. The van der Waals surface area contributed by atoms with Gasteiger partial charge in [0.15, 0.2) is 11.4 Å². The Kier molecular flexibility index (Phi) is 6.31. The molecule has 1 aromatic heterocycles. The van der Waals surface area contributed by atoms with Gasteiger partial charge in [-0.25, -0.2) is 5.43 Å². The first kappa shape index (κ1) is 21.2. The normalized spacial score (nSPS) is 13.3. The van der Waals surface area contributed by atoms with Crippen LogP contribution in [0, 0.1) is 4.77 Å². The van der Waals surface area contributed by atoms with Crippen molar-refractivity contribution in [2.24, 2.45) is 5.10 Å². The van der Waals surface area contributed by atoms with Crippen molar-refractivity contribution in [3.05, 3.63) is 45.0 Å². The first-order valence-electron chi connectivity index (χ1n) is 9.29. The van der Waals surface area contributed by atoms with E-state index in [0.29, 0.717) is 24.5 Å². The van der Waals surface area contributed by atoms with Crippen molar-refractivity contribution < 1.29 is 19.4 Å². The summed E-state index contributed by atoms with van der Waals surface area (Å²) in [5.41, 5.74) is 2.15. The van der Waals surface area contributed by atoms with Gasteiger partial charge >= 0.3 is 0 Å². The molecular formula is C19H21N5O5S. The molecule has 10 nitrogen and oxygen atoms in total. The van der Waals surface area contributed by atoms with Gasteiger partial charge in [0, 0.05) is 13.1 Å². The number of amides is 2. The highest BCUT2D eigenvalue weighted by Crippen LogP contribution is 2.31. The van der Waals surface area contributed by atoms with Gasteiger partial charge in [-0.15, -0.1) is 0 Å². The summed E-state index contributed by atoms with van der Waals surface area (Å²) >= 11 is 5.22. The zero-order valence-electron chi connectivity index (χ0n) is 16.5. The summed E-state index contributed by atoms with van der Waals surface area (Å²) in [6, 6.07) is 6.88. The number of ether oxygens (including phenoxy) is 1. The van der Waals surface area contributed by atoms with Crippen LogP contribution >= 0.6 is 12.2 Å². The topological polar surface area (TPSA) is 118 Å². The number of hydrazone groups is 1. The average Bonchev–Trinajstić information content (AvgIpc) is 2.73. The Balaban J connectivity index is 1.78. The van der Waals surface area contributed by atoms with Gasteiger partial charge in [0.25, 0.3) is 17.4 Å². The van der Waals surface area contributed by atoms with E-state index in [9.17, 15) is 19.5 Å². The zero-order valence-corrected chi connectivity index (χ0v) is 17.3. The number of benzene rings is 1. The van der Waals surface area contributed by atoms with E-state index in [4.69, 9.17) is 17.0 Å². The molecule has 1 aliphatic heterocycles. The Morgan fingerprint density at radius 1 is 1.27 bits per heavy atom. The highest BCUT2D eigenvalue weighted by atomic mass is 32.1. The fourth-order valence-electron chi connectivity index (χ4n) is 3.06. The number of fused-ring (bicyclic) bond motifs is 1. The van der Waals surface area contributed by atoms with E-state index in [-0.39, 0.29) is 35.3 Å². The number of aromatic nitrogens is 2. The standard InChI is InChI=1S/C19H21N5O5S/c1-3-22-17(27)12(18(28)23(4-2)19(22)30)9-20-21-15(25)10-24-13-7-5-6-8-14(13)29-11-16(24)26/h5-9,27H,3-4,10-11H2,1-2H3,(H,21,25)/b20-9+. The van der Waals surface area contributed by atoms with Crippen molar-refractivity contribution in [3.63, 3.8) is 0 Å². The second kappa shape index (κ2) is 8.91. The summed E-state index contributed by atoms with van der Waals surface area (Å²) in [5, 5.41) is 14.1. The molecule has 158 valence electrons. The van der Waals surface area contributed by atoms with Crippen LogP contribution in [0.1, 0.15) is 19.4 Å². The number of carbonyl (C=O) groups is 2. The van der Waals surface area contributed by atoms with E-state index >= 15 is 0 Å². The second-order valence-corrected chi connectivity index (χ2v) is 6.71. The molecule has 0 saturated carbocycles. The maximum atomic E-state index is 12.5. The molecule has 0 spiro atoms. The number of aromatic hydroxyl groups is 1. The average molecular weight is 431 g/mol. The highest BCUT2D eigenvalue weighted by Gasteiger charge is 2.26. The molecule has 0 bridgehead atoms. The number of hydrogen-bond acceptors (Lipinski definition) is 7. The smallest absolute Gasteiger partial charge is 0.267 e. The van der Waals surface area contributed by atoms with Crippen molar-refractivity contribution >= 4 is 35.9 Å². The third-order valence-electron chi connectivity index (χ3n) is 4.56. The monoisotopic (exact) mass is 431 g/mol. The summed E-state index contributed by atoms with van der Waals surface area (Å²) in [6.07, 6.45) is 1.07. The van der Waals surface area contributed by atoms with Crippen LogP contribution in [0.15, 0.2) is 34.2 Å². The van der Waals surface area contributed by atoms with Gasteiger partial charge in [0.1, 0.15) is 17.9 Å². The third kappa shape index (κ3) is 3.96. The minimum Gasteiger partial charge on any atom is -0.494 e. The second-order valence-electron chi connectivity index (χ2n) is 6.34. The highest BCUT2D eigenvalue weighted by molar-refractivity contribution is 7.71. The van der Waals surface area contributed by atoms with E-state index in [0.717, 1.165) is 6.21 Å². The van der Waals surface area contributed by atoms with Gasteiger partial charge in [-0.1, -0.05) is 12.1 Å². The molecule has 2 amide bonds. The Morgan fingerprint density at radius 3 is 2.67 bits per heavy atom. The molecule has 2 N–H and O–H groups in total. The molecule has 1 aliphatic rings. The molecule has 0 saturated heterocycles. The van der Waals surface area contributed by atoms with Gasteiger partial charge < -0.3 is 9.84 Å². The fraction of sp³-hybridized carbons (Fsp3) is 0.316. The third-order valence-corrected chi connectivity index (χ3v) is 5.00. The molecule has 0 atom stereocenters. The fourth-order valence-corrected chi connectivity index (χ4v) is 3.49. The van der Waals surface area contributed by atoms with E-state index in [2.05, 4.69) is 10.5 Å². The lowest BCUT2D eigenvalue weighted by molar-refractivity contribution is -0.125. The van der Waals surface area contributed by atoms with E-state index in [1.54, 1.807) is 38.1 Å². The van der Waals surface area contributed by atoms with E-state index in [1.165, 1.54) is 14.0 Å². The van der Waals surface area contributed by atoms with Crippen LogP contribution in [0.25, 0.3) is 0 Å². The number of para-hydroxylation sites is 2.